The number of fused-ring (bicyclic) bond motifs is 2. The summed E-state index contributed by atoms with van der Waals surface area (Å²) in [6, 6.07) is 10.5. The van der Waals surface area contributed by atoms with Crippen molar-refractivity contribution in [2.75, 3.05) is 18.4 Å². The molecule has 0 radical (unpaired) electrons. The minimum atomic E-state index is -0.320. The first-order valence-electron chi connectivity index (χ1n) is 9.41. The van der Waals surface area contributed by atoms with Gasteiger partial charge in [-0.15, -0.1) is 11.3 Å². The van der Waals surface area contributed by atoms with E-state index in [0.29, 0.717) is 0 Å². The predicted molar refractivity (Wildman–Crippen MR) is 104 cm³/mol. The highest BCUT2D eigenvalue weighted by atomic mass is 32.1. The number of hydrogen-bond acceptors (Lipinski definition) is 3. The number of para-hydroxylation sites is 1. The molecule has 1 atom stereocenters. The average Bonchev–Trinajstić information content (AvgIpc) is 3.21. The average molecular weight is 355 g/mol. The molecule has 4 rings (SSSR count). The van der Waals surface area contributed by atoms with Crippen LogP contribution < -0.4 is 5.32 Å². The van der Waals surface area contributed by atoms with Crippen molar-refractivity contribution in [1.82, 2.24) is 4.90 Å². The summed E-state index contributed by atoms with van der Waals surface area (Å²) < 4.78 is 0. The number of amides is 1. The standard InChI is InChI=1S/C21H26N2OS/c1-2-21(17-7-3-4-8-18(17)22-20(21)24)11-5-6-12-23-13-9-19-16(15-23)10-14-25-19/h3-4,7-8,10,14H,2,5-6,9,11-13,15H2,1H3,(H,22,24). The Kier molecular flexibility index (Phi) is 4.65. The molecule has 1 aromatic carbocycles. The molecule has 0 saturated heterocycles. The van der Waals surface area contributed by atoms with Crippen LogP contribution in [0, 0.1) is 0 Å². The van der Waals surface area contributed by atoms with Gasteiger partial charge in [-0.2, -0.15) is 0 Å². The summed E-state index contributed by atoms with van der Waals surface area (Å²) in [4.78, 5) is 16.8. The number of thiophene rings is 1. The lowest BCUT2D eigenvalue weighted by Gasteiger charge is -2.28. The fourth-order valence-corrected chi connectivity index (χ4v) is 5.30. The zero-order valence-corrected chi connectivity index (χ0v) is 15.7. The molecule has 4 heteroatoms. The van der Waals surface area contributed by atoms with Crippen molar-refractivity contribution in [3.05, 3.63) is 51.7 Å². The first-order chi connectivity index (χ1) is 12.2. The lowest BCUT2D eigenvalue weighted by atomic mass is 9.75. The molecule has 1 aromatic heterocycles. The van der Waals surface area contributed by atoms with Crippen molar-refractivity contribution in [2.45, 2.75) is 51.0 Å². The molecule has 1 amide bonds. The molecule has 0 bridgehead atoms. The van der Waals surface area contributed by atoms with E-state index in [-0.39, 0.29) is 11.3 Å². The van der Waals surface area contributed by atoms with Gasteiger partial charge in [0, 0.05) is 23.7 Å². The fraction of sp³-hybridized carbons (Fsp3) is 0.476. The van der Waals surface area contributed by atoms with Gasteiger partial charge < -0.3 is 5.32 Å². The molecule has 2 aliphatic heterocycles. The monoisotopic (exact) mass is 354 g/mol. The number of unbranched alkanes of at least 4 members (excludes halogenated alkanes) is 1. The van der Waals surface area contributed by atoms with Gasteiger partial charge in [-0.1, -0.05) is 31.5 Å². The Balaban J connectivity index is 1.34. The predicted octanol–water partition coefficient (Wildman–Crippen LogP) is 4.58. The van der Waals surface area contributed by atoms with Gasteiger partial charge in [0.25, 0.3) is 0 Å². The molecule has 1 N–H and O–H groups in total. The van der Waals surface area contributed by atoms with Crippen LogP contribution in [0.1, 0.15) is 48.6 Å². The summed E-state index contributed by atoms with van der Waals surface area (Å²) in [5, 5.41) is 5.31. The van der Waals surface area contributed by atoms with Gasteiger partial charge in [0.15, 0.2) is 0 Å². The molecule has 1 unspecified atom stereocenters. The van der Waals surface area contributed by atoms with Crippen molar-refractivity contribution in [3.8, 4) is 0 Å². The molecule has 25 heavy (non-hydrogen) atoms. The van der Waals surface area contributed by atoms with Crippen LogP contribution in [0.3, 0.4) is 0 Å². The van der Waals surface area contributed by atoms with Crippen molar-refractivity contribution >= 4 is 22.9 Å². The molecule has 2 aromatic rings. The summed E-state index contributed by atoms with van der Waals surface area (Å²) in [6.07, 6.45) is 5.28. The highest BCUT2D eigenvalue weighted by Gasteiger charge is 2.44. The number of hydrogen-bond donors (Lipinski definition) is 1. The van der Waals surface area contributed by atoms with Crippen molar-refractivity contribution in [1.29, 1.82) is 0 Å². The van der Waals surface area contributed by atoms with E-state index in [4.69, 9.17) is 0 Å². The molecular formula is C21H26N2OS. The number of anilines is 1. The molecular weight excluding hydrogens is 328 g/mol. The molecule has 0 fully saturated rings. The first-order valence-corrected chi connectivity index (χ1v) is 10.3. The van der Waals surface area contributed by atoms with Crippen LogP contribution >= 0.6 is 11.3 Å². The Bertz CT molecular complexity index is 769. The number of carbonyl (C=O) groups is 1. The summed E-state index contributed by atoms with van der Waals surface area (Å²) in [5.74, 6) is 0.192. The number of rotatable bonds is 6. The van der Waals surface area contributed by atoms with E-state index in [0.717, 1.165) is 44.5 Å². The zero-order valence-electron chi connectivity index (χ0n) is 14.9. The second kappa shape index (κ2) is 6.93. The maximum atomic E-state index is 12.7. The van der Waals surface area contributed by atoms with E-state index in [9.17, 15) is 4.79 Å². The summed E-state index contributed by atoms with van der Waals surface area (Å²) in [5.41, 5.74) is 3.41. The molecule has 0 aliphatic carbocycles. The van der Waals surface area contributed by atoms with Gasteiger partial charge in [0.2, 0.25) is 5.91 Å². The lowest BCUT2D eigenvalue weighted by Crippen LogP contribution is -2.34. The third-order valence-electron chi connectivity index (χ3n) is 5.94. The Morgan fingerprint density at radius 2 is 2.12 bits per heavy atom. The quantitative estimate of drug-likeness (QED) is 0.770. The van der Waals surface area contributed by atoms with Crippen molar-refractivity contribution < 1.29 is 4.79 Å². The van der Waals surface area contributed by atoms with Gasteiger partial charge >= 0.3 is 0 Å². The largest absolute Gasteiger partial charge is 0.325 e. The van der Waals surface area contributed by atoms with E-state index >= 15 is 0 Å². The molecule has 0 saturated carbocycles. The van der Waals surface area contributed by atoms with Crippen molar-refractivity contribution in [3.63, 3.8) is 0 Å². The number of nitrogens with zero attached hydrogens (tertiary/aromatic N) is 1. The highest BCUT2D eigenvalue weighted by Crippen LogP contribution is 2.43. The van der Waals surface area contributed by atoms with Gasteiger partial charge in [-0.3, -0.25) is 9.69 Å². The highest BCUT2D eigenvalue weighted by molar-refractivity contribution is 7.10. The Morgan fingerprint density at radius 1 is 1.24 bits per heavy atom. The number of benzene rings is 1. The number of nitrogens with one attached hydrogen (secondary N) is 1. The van der Waals surface area contributed by atoms with E-state index in [1.807, 2.05) is 23.5 Å². The minimum Gasteiger partial charge on any atom is -0.325 e. The third-order valence-corrected chi connectivity index (χ3v) is 6.97. The van der Waals surface area contributed by atoms with Crippen LogP contribution in [0.4, 0.5) is 5.69 Å². The SMILES string of the molecule is CCC1(CCCCN2CCc3sccc3C2)C(=O)Nc2ccccc21. The van der Waals surface area contributed by atoms with Gasteiger partial charge in [-0.25, -0.2) is 0 Å². The normalized spacial score (nSPS) is 22.5. The lowest BCUT2D eigenvalue weighted by molar-refractivity contribution is -0.121. The summed E-state index contributed by atoms with van der Waals surface area (Å²) in [6.45, 7) is 5.56. The van der Waals surface area contributed by atoms with E-state index in [1.165, 1.54) is 24.1 Å². The second-order valence-corrected chi connectivity index (χ2v) is 8.29. The van der Waals surface area contributed by atoms with Crippen LogP contribution in [0.5, 0.6) is 0 Å². The molecule has 132 valence electrons. The van der Waals surface area contributed by atoms with Crippen LogP contribution in [-0.2, 0) is 23.2 Å². The van der Waals surface area contributed by atoms with Crippen LogP contribution in [0.15, 0.2) is 35.7 Å². The van der Waals surface area contributed by atoms with Gasteiger partial charge in [-0.05, 0) is 60.9 Å². The molecule has 2 aliphatic rings. The van der Waals surface area contributed by atoms with Crippen LogP contribution in [0.25, 0.3) is 0 Å². The summed E-state index contributed by atoms with van der Waals surface area (Å²) in [7, 11) is 0. The van der Waals surface area contributed by atoms with E-state index in [1.54, 1.807) is 4.88 Å². The van der Waals surface area contributed by atoms with Gasteiger partial charge in [0.05, 0.1) is 5.41 Å². The maximum absolute atomic E-state index is 12.7. The molecule has 3 nitrogen and oxygen atoms in total. The van der Waals surface area contributed by atoms with Crippen LogP contribution in [0.2, 0.25) is 0 Å². The number of carbonyl (C=O) groups excluding carboxylic acids is 1. The topological polar surface area (TPSA) is 32.3 Å². The van der Waals surface area contributed by atoms with E-state index < -0.39 is 0 Å². The Labute approximate surface area is 154 Å². The fourth-order valence-electron chi connectivity index (χ4n) is 4.41. The third kappa shape index (κ3) is 3.02. The first kappa shape index (κ1) is 16.8. The van der Waals surface area contributed by atoms with Crippen LogP contribution in [-0.4, -0.2) is 23.9 Å². The minimum absolute atomic E-state index is 0.192. The Hall–Kier alpha value is -1.65. The molecule has 0 spiro atoms. The molecule has 3 heterocycles. The Morgan fingerprint density at radius 3 is 3.00 bits per heavy atom. The van der Waals surface area contributed by atoms with Gasteiger partial charge in [0.1, 0.15) is 0 Å². The maximum Gasteiger partial charge on any atom is 0.235 e. The van der Waals surface area contributed by atoms with E-state index in [2.05, 4.69) is 40.7 Å². The second-order valence-electron chi connectivity index (χ2n) is 7.29. The smallest absolute Gasteiger partial charge is 0.235 e. The zero-order chi connectivity index (χ0) is 17.3. The van der Waals surface area contributed by atoms with Crippen molar-refractivity contribution in [2.24, 2.45) is 0 Å². The summed E-state index contributed by atoms with van der Waals surface area (Å²) >= 11 is 1.90.